The second-order valence-electron chi connectivity index (χ2n) is 4.51. The number of nitrogens with one attached hydrogen (secondary N) is 1. The summed E-state index contributed by atoms with van der Waals surface area (Å²) < 4.78 is 15.7. The lowest BCUT2D eigenvalue weighted by Gasteiger charge is -2.20. The van der Waals surface area contributed by atoms with Gasteiger partial charge < -0.3 is 5.32 Å². The number of halogens is 2. The average Bonchev–Trinajstić information content (AvgIpc) is 2.75. The number of pyridine rings is 1. The second-order valence-corrected chi connectivity index (χ2v) is 4.92. The van der Waals surface area contributed by atoms with Crippen molar-refractivity contribution in [2.75, 3.05) is 7.05 Å². The normalized spacial score (nSPS) is 12.9. The van der Waals surface area contributed by atoms with E-state index in [0.29, 0.717) is 10.7 Å². The highest BCUT2D eigenvalue weighted by molar-refractivity contribution is 6.31. The summed E-state index contributed by atoms with van der Waals surface area (Å²) >= 11 is 6.19. The summed E-state index contributed by atoms with van der Waals surface area (Å²) in [6.45, 7) is 3.99. The minimum Gasteiger partial charge on any atom is -0.307 e. The van der Waals surface area contributed by atoms with Crippen molar-refractivity contribution < 1.29 is 4.39 Å². The zero-order valence-corrected chi connectivity index (χ0v) is 11.8. The van der Waals surface area contributed by atoms with Gasteiger partial charge in [-0.15, -0.1) is 0 Å². The van der Waals surface area contributed by atoms with Gasteiger partial charge in [-0.2, -0.15) is 5.10 Å². The standard InChI is InChI=1S/C13H16ClFN4/c1-8(2)19-13(9(14)7-18-19)12(16-3)11-10(15)5-4-6-17-11/h4-8,12,16H,1-3H3. The monoisotopic (exact) mass is 282 g/mol. The topological polar surface area (TPSA) is 42.7 Å². The van der Waals surface area contributed by atoms with Crippen molar-refractivity contribution >= 4 is 11.6 Å². The average molecular weight is 283 g/mol. The van der Waals surface area contributed by atoms with E-state index in [1.54, 1.807) is 30.2 Å². The minimum atomic E-state index is -0.432. The molecule has 1 atom stereocenters. The van der Waals surface area contributed by atoms with E-state index in [4.69, 9.17) is 11.6 Å². The summed E-state index contributed by atoms with van der Waals surface area (Å²) in [6.07, 6.45) is 3.13. The van der Waals surface area contributed by atoms with Crippen LogP contribution in [-0.4, -0.2) is 21.8 Å². The molecule has 2 heterocycles. The summed E-state index contributed by atoms with van der Waals surface area (Å²) in [5.74, 6) is -0.366. The van der Waals surface area contributed by atoms with Crippen LogP contribution in [0.1, 0.15) is 37.3 Å². The number of hydrogen-bond donors (Lipinski definition) is 1. The molecule has 0 amide bonds. The zero-order valence-electron chi connectivity index (χ0n) is 11.1. The van der Waals surface area contributed by atoms with Gasteiger partial charge in [-0.05, 0) is 33.0 Å². The lowest BCUT2D eigenvalue weighted by molar-refractivity contribution is 0.470. The molecule has 0 aromatic carbocycles. The smallest absolute Gasteiger partial charge is 0.146 e. The molecule has 0 aliphatic rings. The Morgan fingerprint density at radius 2 is 2.16 bits per heavy atom. The maximum absolute atomic E-state index is 13.9. The van der Waals surface area contributed by atoms with Crippen molar-refractivity contribution in [3.05, 3.63) is 46.8 Å². The lowest BCUT2D eigenvalue weighted by Crippen LogP contribution is -2.24. The SMILES string of the molecule is CNC(c1ncccc1F)c1c(Cl)cnn1C(C)C. The van der Waals surface area contributed by atoms with E-state index in [-0.39, 0.29) is 11.9 Å². The minimum absolute atomic E-state index is 0.130. The molecule has 2 rings (SSSR count). The fourth-order valence-electron chi connectivity index (χ4n) is 2.05. The molecular weight excluding hydrogens is 267 g/mol. The molecule has 4 nitrogen and oxygen atoms in total. The Kier molecular flexibility index (Phi) is 4.17. The van der Waals surface area contributed by atoms with E-state index in [0.717, 1.165) is 5.69 Å². The van der Waals surface area contributed by atoms with Gasteiger partial charge in [-0.25, -0.2) is 4.39 Å². The van der Waals surface area contributed by atoms with Crippen molar-refractivity contribution in [3.63, 3.8) is 0 Å². The van der Waals surface area contributed by atoms with Crippen LogP contribution in [-0.2, 0) is 0 Å². The fraction of sp³-hybridized carbons (Fsp3) is 0.385. The number of nitrogens with zero attached hydrogens (tertiary/aromatic N) is 3. The van der Waals surface area contributed by atoms with Crippen LogP contribution < -0.4 is 5.32 Å². The summed E-state index contributed by atoms with van der Waals surface area (Å²) in [7, 11) is 1.74. The fourth-order valence-corrected chi connectivity index (χ4v) is 2.28. The van der Waals surface area contributed by atoms with Gasteiger partial charge in [0.2, 0.25) is 0 Å². The number of aromatic nitrogens is 3. The Labute approximate surface area is 116 Å². The van der Waals surface area contributed by atoms with E-state index in [9.17, 15) is 4.39 Å². The van der Waals surface area contributed by atoms with E-state index in [2.05, 4.69) is 15.4 Å². The van der Waals surface area contributed by atoms with Crippen molar-refractivity contribution in [1.29, 1.82) is 0 Å². The van der Waals surface area contributed by atoms with Crippen LogP contribution in [0, 0.1) is 5.82 Å². The van der Waals surface area contributed by atoms with E-state index in [1.807, 2.05) is 13.8 Å². The molecular formula is C13H16ClFN4. The molecule has 19 heavy (non-hydrogen) atoms. The van der Waals surface area contributed by atoms with Crippen LogP contribution in [0.15, 0.2) is 24.5 Å². The van der Waals surface area contributed by atoms with Crippen LogP contribution in [0.25, 0.3) is 0 Å². The molecule has 2 aromatic heterocycles. The predicted octanol–water partition coefficient (Wildman–Crippen LogP) is 2.96. The van der Waals surface area contributed by atoms with Crippen LogP contribution in [0.5, 0.6) is 0 Å². The molecule has 0 saturated heterocycles. The molecule has 0 spiro atoms. The lowest BCUT2D eigenvalue weighted by atomic mass is 10.1. The van der Waals surface area contributed by atoms with Gasteiger partial charge >= 0.3 is 0 Å². The molecule has 6 heteroatoms. The zero-order chi connectivity index (χ0) is 14.0. The van der Waals surface area contributed by atoms with Crippen molar-refractivity contribution in [3.8, 4) is 0 Å². The van der Waals surface area contributed by atoms with Crippen LogP contribution in [0.4, 0.5) is 4.39 Å². The highest BCUT2D eigenvalue weighted by Gasteiger charge is 2.25. The largest absolute Gasteiger partial charge is 0.307 e. The third kappa shape index (κ3) is 2.62. The van der Waals surface area contributed by atoms with E-state index < -0.39 is 6.04 Å². The van der Waals surface area contributed by atoms with Crippen LogP contribution in [0.2, 0.25) is 5.02 Å². The van der Waals surface area contributed by atoms with Crippen molar-refractivity contribution in [1.82, 2.24) is 20.1 Å². The van der Waals surface area contributed by atoms with Gasteiger partial charge in [0.25, 0.3) is 0 Å². The summed E-state index contributed by atoms with van der Waals surface area (Å²) in [5, 5.41) is 7.78. The predicted molar refractivity (Wildman–Crippen MR) is 72.7 cm³/mol. The van der Waals surface area contributed by atoms with Gasteiger partial charge in [0.1, 0.15) is 5.82 Å². The van der Waals surface area contributed by atoms with Gasteiger partial charge in [0, 0.05) is 12.2 Å². The Hall–Kier alpha value is -1.46. The molecule has 0 bridgehead atoms. The Morgan fingerprint density at radius 1 is 1.42 bits per heavy atom. The number of rotatable bonds is 4. The van der Waals surface area contributed by atoms with Gasteiger partial charge in [-0.3, -0.25) is 9.67 Å². The maximum atomic E-state index is 13.9. The van der Waals surface area contributed by atoms with E-state index >= 15 is 0 Å². The summed E-state index contributed by atoms with van der Waals surface area (Å²) in [4.78, 5) is 4.11. The maximum Gasteiger partial charge on any atom is 0.146 e. The highest BCUT2D eigenvalue weighted by Crippen LogP contribution is 2.30. The van der Waals surface area contributed by atoms with Crippen molar-refractivity contribution in [2.24, 2.45) is 0 Å². The Bertz CT molecular complexity index is 568. The number of hydrogen-bond acceptors (Lipinski definition) is 3. The summed E-state index contributed by atoms with van der Waals surface area (Å²) in [5.41, 5.74) is 1.03. The van der Waals surface area contributed by atoms with Gasteiger partial charge in [0.05, 0.1) is 28.6 Å². The van der Waals surface area contributed by atoms with Crippen molar-refractivity contribution in [2.45, 2.75) is 25.9 Å². The quantitative estimate of drug-likeness (QED) is 0.937. The molecule has 0 aliphatic heterocycles. The molecule has 0 saturated carbocycles. The first-order chi connectivity index (χ1) is 9.06. The Balaban J connectivity index is 2.55. The van der Waals surface area contributed by atoms with Crippen LogP contribution in [0.3, 0.4) is 0 Å². The van der Waals surface area contributed by atoms with Gasteiger partial charge in [0.15, 0.2) is 0 Å². The molecule has 0 radical (unpaired) electrons. The second kappa shape index (κ2) is 5.67. The Morgan fingerprint density at radius 3 is 2.74 bits per heavy atom. The third-order valence-corrected chi connectivity index (χ3v) is 3.19. The molecule has 1 unspecified atom stereocenters. The highest BCUT2D eigenvalue weighted by atomic mass is 35.5. The first kappa shape index (κ1) is 14.0. The molecule has 102 valence electrons. The van der Waals surface area contributed by atoms with Gasteiger partial charge in [-0.1, -0.05) is 11.6 Å². The molecule has 2 aromatic rings. The molecule has 0 fully saturated rings. The first-order valence-electron chi connectivity index (χ1n) is 6.06. The summed E-state index contributed by atoms with van der Waals surface area (Å²) in [6, 6.07) is 2.65. The molecule has 1 N–H and O–H groups in total. The third-order valence-electron chi connectivity index (χ3n) is 2.90. The van der Waals surface area contributed by atoms with Crippen LogP contribution >= 0.6 is 11.6 Å². The van der Waals surface area contributed by atoms with E-state index in [1.165, 1.54) is 6.07 Å². The first-order valence-corrected chi connectivity index (χ1v) is 6.44. The molecule has 0 aliphatic carbocycles.